The number of rotatable bonds is 2. The maximum absolute atomic E-state index is 13.1. The summed E-state index contributed by atoms with van der Waals surface area (Å²) in [6.45, 7) is 1.86. The normalized spacial score (nSPS) is 39.9. The summed E-state index contributed by atoms with van der Waals surface area (Å²) in [4.78, 5) is 0. The Morgan fingerprint density at radius 3 is 2.86 bits per heavy atom. The molecule has 14 heavy (non-hydrogen) atoms. The minimum absolute atomic E-state index is 0.462. The lowest BCUT2D eigenvalue weighted by molar-refractivity contribution is 0.116. The highest BCUT2D eigenvalue weighted by molar-refractivity contribution is 5.20. The number of halogens is 1. The summed E-state index contributed by atoms with van der Waals surface area (Å²) in [7, 11) is 0. The Bertz CT molecular complexity index is 249. The lowest BCUT2D eigenvalue weighted by Gasteiger charge is -2.20. The molecule has 2 aliphatic rings. The summed E-state index contributed by atoms with van der Waals surface area (Å²) in [5, 5.41) is 10.1. The molecule has 0 radical (unpaired) electrons. The summed E-state index contributed by atoms with van der Waals surface area (Å²) >= 11 is 0. The van der Waals surface area contributed by atoms with Gasteiger partial charge in [0.25, 0.3) is 0 Å². The molecule has 2 rings (SSSR count). The van der Waals surface area contributed by atoms with Crippen molar-refractivity contribution in [1.29, 1.82) is 0 Å². The molecular formula is C12H19FO. The average Bonchev–Trinajstić information content (AvgIpc) is 2.85. The summed E-state index contributed by atoms with van der Waals surface area (Å²) in [5.41, 5.74) is 0.626. The van der Waals surface area contributed by atoms with Crippen molar-refractivity contribution in [3.05, 3.63) is 11.6 Å². The Hall–Kier alpha value is -0.370. The molecule has 3 atom stereocenters. The van der Waals surface area contributed by atoms with Crippen LogP contribution in [0.5, 0.6) is 0 Å². The van der Waals surface area contributed by atoms with Gasteiger partial charge in [-0.3, -0.25) is 0 Å². The first kappa shape index (κ1) is 10.2. The van der Waals surface area contributed by atoms with Crippen LogP contribution in [0.25, 0.3) is 0 Å². The van der Waals surface area contributed by atoms with Gasteiger partial charge in [0.05, 0.1) is 6.10 Å². The highest BCUT2D eigenvalue weighted by Crippen LogP contribution is 2.53. The van der Waals surface area contributed by atoms with Crippen LogP contribution in [-0.2, 0) is 0 Å². The van der Waals surface area contributed by atoms with Gasteiger partial charge < -0.3 is 5.11 Å². The van der Waals surface area contributed by atoms with Crippen molar-refractivity contribution in [3.8, 4) is 0 Å². The van der Waals surface area contributed by atoms with E-state index in [0.29, 0.717) is 6.42 Å². The van der Waals surface area contributed by atoms with Crippen molar-refractivity contribution in [1.82, 2.24) is 0 Å². The molecule has 0 aliphatic heterocycles. The van der Waals surface area contributed by atoms with Crippen molar-refractivity contribution < 1.29 is 9.50 Å². The van der Waals surface area contributed by atoms with Gasteiger partial charge in [0.2, 0.25) is 0 Å². The van der Waals surface area contributed by atoms with E-state index in [1.165, 1.54) is 12.8 Å². The SMILES string of the molecule is CC1(C(O)C2=CCCCCC2)CC1F. The molecule has 2 aliphatic carbocycles. The second-order valence-electron chi connectivity index (χ2n) is 4.96. The molecular weight excluding hydrogens is 179 g/mol. The zero-order valence-electron chi connectivity index (χ0n) is 8.80. The van der Waals surface area contributed by atoms with Crippen LogP contribution in [0.15, 0.2) is 11.6 Å². The second kappa shape index (κ2) is 3.65. The average molecular weight is 198 g/mol. The summed E-state index contributed by atoms with van der Waals surface area (Å²) in [5.74, 6) is 0. The minimum Gasteiger partial charge on any atom is -0.388 e. The predicted octanol–water partition coefficient (Wildman–Crippen LogP) is 2.99. The zero-order chi connectivity index (χ0) is 10.2. The van der Waals surface area contributed by atoms with Gasteiger partial charge in [-0.05, 0) is 37.7 Å². The molecule has 0 bridgehead atoms. The number of aliphatic hydroxyl groups is 1. The Balaban J connectivity index is 2.03. The van der Waals surface area contributed by atoms with E-state index in [0.717, 1.165) is 24.8 Å². The van der Waals surface area contributed by atoms with Gasteiger partial charge in [-0.1, -0.05) is 19.4 Å². The predicted molar refractivity (Wildman–Crippen MR) is 54.8 cm³/mol. The summed E-state index contributed by atoms with van der Waals surface area (Å²) < 4.78 is 13.1. The molecule has 1 nitrogen and oxygen atoms in total. The minimum atomic E-state index is -0.790. The van der Waals surface area contributed by atoms with Crippen LogP contribution in [0, 0.1) is 5.41 Å². The molecule has 1 fully saturated rings. The van der Waals surface area contributed by atoms with Gasteiger partial charge in [0.1, 0.15) is 6.17 Å². The van der Waals surface area contributed by atoms with E-state index in [1.54, 1.807) is 0 Å². The van der Waals surface area contributed by atoms with E-state index in [1.807, 2.05) is 6.92 Å². The maximum atomic E-state index is 13.1. The van der Waals surface area contributed by atoms with E-state index in [4.69, 9.17) is 0 Å². The van der Waals surface area contributed by atoms with Gasteiger partial charge in [0.15, 0.2) is 0 Å². The van der Waals surface area contributed by atoms with Gasteiger partial charge in [-0.15, -0.1) is 0 Å². The number of allylic oxidation sites excluding steroid dienone is 1. The molecule has 0 aromatic carbocycles. The van der Waals surface area contributed by atoms with Crippen LogP contribution in [-0.4, -0.2) is 17.4 Å². The molecule has 0 aromatic heterocycles. The van der Waals surface area contributed by atoms with Crippen LogP contribution in [0.3, 0.4) is 0 Å². The van der Waals surface area contributed by atoms with Gasteiger partial charge in [-0.2, -0.15) is 0 Å². The van der Waals surface area contributed by atoms with Gasteiger partial charge in [-0.25, -0.2) is 4.39 Å². The third kappa shape index (κ3) is 1.72. The zero-order valence-corrected chi connectivity index (χ0v) is 8.80. The molecule has 1 saturated carbocycles. The van der Waals surface area contributed by atoms with E-state index in [-0.39, 0.29) is 0 Å². The standard InChI is InChI=1S/C12H19FO/c1-12(8-10(12)13)11(14)9-6-4-2-3-5-7-9/h6,10-11,14H,2-5,7-8H2,1H3. The largest absolute Gasteiger partial charge is 0.388 e. The Morgan fingerprint density at radius 2 is 2.21 bits per heavy atom. The fraction of sp³-hybridized carbons (Fsp3) is 0.833. The van der Waals surface area contributed by atoms with Crippen molar-refractivity contribution in [2.45, 2.75) is 57.7 Å². The first-order chi connectivity index (χ1) is 6.64. The van der Waals surface area contributed by atoms with Crippen molar-refractivity contribution in [2.75, 3.05) is 0 Å². The van der Waals surface area contributed by atoms with Gasteiger partial charge >= 0.3 is 0 Å². The first-order valence-corrected chi connectivity index (χ1v) is 5.65. The molecule has 0 aromatic rings. The first-order valence-electron chi connectivity index (χ1n) is 5.65. The fourth-order valence-corrected chi connectivity index (χ4v) is 2.32. The Labute approximate surface area is 85.0 Å². The number of aliphatic hydroxyl groups excluding tert-OH is 1. The molecule has 1 N–H and O–H groups in total. The summed E-state index contributed by atoms with van der Waals surface area (Å²) in [6.07, 6.45) is 6.96. The molecule has 80 valence electrons. The number of hydrogen-bond acceptors (Lipinski definition) is 1. The van der Waals surface area contributed by atoms with Crippen molar-refractivity contribution >= 4 is 0 Å². The Kier molecular flexibility index (Phi) is 2.65. The molecule has 2 heteroatoms. The molecule has 0 saturated heterocycles. The Morgan fingerprint density at radius 1 is 1.50 bits per heavy atom. The third-order valence-corrected chi connectivity index (χ3v) is 3.73. The monoisotopic (exact) mass is 198 g/mol. The van der Waals surface area contributed by atoms with Crippen LogP contribution in [0.1, 0.15) is 45.4 Å². The van der Waals surface area contributed by atoms with Crippen LogP contribution in [0.4, 0.5) is 4.39 Å². The lowest BCUT2D eigenvalue weighted by Crippen LogP contribution is -2.23. The van der Waals surface area contributed by atoms with E-state index in [2.05, 4.69) is 6.08 Å². The molecule has 0 amide bonds. The van der Waals surface area contributed by atoms with E-state index >= 15 is 0 Å². The van der Waals surface area contributed by atoms with Crippen molar-refractivity contribution in [2.24, 2.45) is 5.41 Å². The number of hydrogen-bond donors (Lipinski definition) is 1. The van der Waals surface area contributed by atoms with Crippen LogP contribution >= 0.6 is 0 Å². The third-order valence-electron chi connectivity index (χ3n) is 3.73. The smallest absolute Gasteiger partial charge is 0.109 e. The highest BCUT2D eigenvalue weighted by Gasteiger charge is 2.56. The van der Waals surface area contributed by atoms with E-state index in [9.17, 15) is 9.50 Å². The van der Waals surface area contributed by atoms with Crippen molar-refractivity contribution in [3.63, 3.8) is 0 Å². The molecule has 0 heterocycles. The maximum Gasteiger partial charge on any atom is 0.109 e. The van der Waals surface area contributed by atoms with E-state index < -0.39 is 17.7 Å². The molecule has 0 spiro atoms. The fourth-order valence-electron chi connectivity index (χ4n) is 2.32. The second-order valence-corrected chi connectivity index (χ2v) is 4.96. The quantitative estimate of drug-likeness (QED) is 0.676. The van der Waals surface area contributed by atoms with Crippen LogP contribution in [0.2, 0.25) is 0 Å². The van der Waals surface area contributed by atoms with Crippen LogP contribution < -0.4 is 0 Å². The molecule has 3 unspecified atom stereocenters. The lowest BCUT2D eigenvalue weighted by atomic mass is 9.91. The summed E-state index contributed by atoms with van der Waals surface area (Å²) in [6, 6.07) is 0. The number of alkyl halides is 1. The highest BCUT2D eigenvalue weighted by atomic mass is 19.1. The van der Waals surface area contributed by atoms with Gasteiger partial charge in [0, 0.05) is 5.41 Å². The topological polar surface area (TPSA) is 20.2 Å².